The van der Waals surface area contributed by atoms with Gasteiger partial charge < -0.3 is 20.1 Å². The first-order chi connectivity index (χ1) is 25.2. The molecule has 0 aromatic carbocycles. The van der Waals surface area contributed by atoms with Crippen molar-refractivity contribution in [2.75, 3.05) is 26.4 Å². The summed E-state index contributed by atoms with van der Waals surface area (Å²) in [4.78, 5) is 46.9. The fourth-order valence-electron chi connectivity index (χ4n) is 5.17. The van der Waals surface area contributed by atoms with Gasteiger partial charge in [-0.1, -0.05) is 146 Å². The molecule has 0 aromatic rings. The number of hydrogen-bond acceptors (Lipinski definition) is 9. The van der Waals surface area contributed by atoms with Gasteiger partial charge in [0.1, 0.15) is 6.61 Å². The third kappa shape index (κ3) is 36.0. The maximum absolute atomic E-state index is 12.5. The van der Waals surface area contributed by atoms with Crippen molar-refractivity contribution in [1.29, 1.82) is 0 Å². The molecule has 0 aliphatic heterocycles. The highest BCUT2D eigenvalue weighted by molar-refractivity contribution is 7.47. The standard InChI is InChI=1S/C41H72NO9P/c1-3-5-7-9-11-13-15-17-19-21-23-25-27-30-38(43)31-29-33-41(45)51-39(37-50-52(46,47)49-35-34-42)36-48-40(44)32-28-26-24-22-20-18-16-14-12-10-8-6-4-2/h11,13,17,19,23,25,27,30,39H,3-10,12,14-16,18,20-22,24,26,28-29,31-37,42H2,1-2H3,(H,46,47)/b13-11-,19-17-,25-23-,30-27+/t39-/m1/s1. The molecule has 0 saturated carbocycles. The third-order valence-corrected chi connectivity index (χ3v) is 9.18. The molecule has 0 amide bonds. The van der Waals surface area contributed by atoms with Crippen LogP contribution in [0.5, 0.6) is 0 Å². The van der Waals surface area contributed by atoms with E-state index in [-0.39, 0.29) is 51.2 Å². The fraction of sp³-hybridized carbons (Fsp3) is 0.732. The van der Waals surface area contributed by atoms with E-state index in [0.29, 0.717) is 6.42 Å². The molecule has 300 valence electrons. The Morgan fingerprint density at radius 1 is 0.635 bits per heavy atom. The molecule has 0 saturated heterocycles. The Morgan fingerprint density at radius 2 is 1.19 bits per heavy atom. The number of nitrogens with two attached hydrogens (primary N) is 1. The summed E-state index contributed by atoms with van der Waals surface area (Å²) in [5, 5.41) is 0. The Morgan fingerprint density at radius 3 is 1.83 bits per heavy atom. The van der Waals surface area contributed by atoms with Crippen LogP contribution in [0.4, 0.5) is 0 Å². The molecule has 3 N–H and O–H groups in total. The third-order valence-electron chi connectivity index (χ3n) is 8.19. The molecule has 0 heterocycles. The van der Waals surface area contributed by atoms with Gasteiger partial charge in [-0.15, -0.1) is 0 Å². The Balaban J connectivity index is 4.42. The number of phosphoric acid groups is 1. The first-order valence-electron chi connectivity index (χ1n) is 20.1. The van der Waals surface area contributed by atoms with E-state index in [4.69, 9.17) is 24.3 Å². The molecule has 0 spiro atoms. The van der Waals surface area contributed by atoms with Crippen LogP contribution in [0.2, 0.25) is 0 Å². The Kier molecular flexibility index (Phi) is 35.3. The van der Waals surface area contributed by atoms with Crippen LogP contribution in [0.3, 0.4) is 0 Å². The van der Waals surface area contributed by atoms with E-state index in [9.17, 15) is 23.8 Å². The van der Waals surface area contributed by atoms with Gasteiger partial charge in [0, 0.05) is 25.8 Å². The molecule has 0 aliphatic rings. The van der Waals surface area contributed by atoms with E-state index in [1.165, 1.54) is 83.1 Å². The largest absolute Gasteiger partial charge is 0.472 e. The maximum Gasteiger partial charge on any atom is 0.472 e. The summed E-state index contributed by atoms with van der Waals surface area (Å²) in [5.74, 6) is -1.21. The van der Waals surface area contributed by atoms with E-state index < -0.39 is 32.5 Å². The quantitative estimate of drug-likeness (QED) is 0.0157. The summed E-state index contributed by atoms with van der Waals surface area (Å²) < 4.78 is 32.5. The lowest BCUT2D eigenvalue weighted by molar-refractivity contribution is -0.161. The van der Waals surface area contributed by atoms with Crippen molar-refractivity contribution in [1.82, 2.24) is 0 Å². The summed E-state index contributed by atoms with van der Waals surface area (Å²) in [6.45, 7) is 3.41. The minimum Gasteiger partial charge on any atom is -0.462 e. The van der Waals surface area contributed by atoms with Crippen LogP contribution in [0.1, 0.15) is 162 Å². The molecule has 11 heteroatoms. The Bertz CT molecular complexity index is 1060. The van der Waals surface area contributed by atoms with Crippen molar-refractivity contribution >= 4 is 25.5 Å². The zero-order chi connectivity index (χ0) is 38.4. The number of phosphoric ester groups is 1. The number of ketones is 1. The molecule has 10 nitrogen and oxygen atoms in total. The smallest absolute Gasteiger partial charge is 0.462 e. The van der Waals surface area contributed by atoms with Crippen molar-refractivity contribution in [2.45, 2.75) is 168 Å². The van der Waals surface area contributed by atoms with Gasteiger partial charge >= 0.3 is 19.8 Å². The maximum atomic E-state index is 12.5. The summed E-state index contributed by atoms with van der Waals surface area (Å²) in [6.07, 6.45) is 37.2. The van der Waals surface area contributed by atoms with Crippen LogP contribution < -0.4 is 5.73 Å². The molecule has 52 heavy (non-hydrogen) atoms. The second-order valence-electron chi connectivity index (χ2n) is 13.2. The zero-order valence-corrected chi connectivity index (χ0v) is 33.4. The lowest BCUT2D eigenvalue weighted by atomic mass is 10.0. The van der Waals surface area contributed by atoms with Crippen molar-refractivity contribution in [3.05, 3.63) is 48.6 Å². The minimum atomic E-state index is -4.44. The van der Waals surface area contributed by atoms with Crippen LogP contribution in [0.25, 0.3) is 0 Å². The number of carbonyl (C=O) groups is 3. The number of esters is 2. The molecule has 0 rings (SSSR count). The number of carbonyl (C=O) groups excluding carboxylic acids is 3. The second-order valence-corrected chi connectivity index (χ2v) is 14.6. The Labute approximate surface area is 315 Å². The molecule has 2 atom stereocenters. The minimum absolute atomic E-state index is 0.0159. The van der Waals surface area contributed by atoms with Crippen molar-refractivity contribution in [2.24, 2.45) is 5.73 Å². The topological polar surface area (TPSA) is 151 Å². The SMILES string of the molecule is CCCCC/C=C\C/C=C\C/C=C\C=C\C(=O)CCCC(=O)O[C@H](COC(=O)CCCCCCCCCCCCCCC)COP(=O)(O)OCCN. The molecule has 0 aromatic heterocycles. The molecular formula is C41H72NO9P. The lowest BCUT2D eigenvalue weighted by Crippen LogP contribution is -2.29. The highest BCUT2D eigenvalue weighted by Gasteiger charge is 2.26. The predicted octanol–water partition coefficient (Wildman–Crippen LogP) is 10.3. The molecule has 0 aliphatic carbocycles. The van der Waals surface area contributed by atoms with E-state index in [1.54, 1.807) is 6.08 Å². The van der Waals surface area contributed by atoms with Gasteiger partial charge in [-0.05, 0) is 44.6 Å². The first kappa shape index (κ1) is 49.6. The first-order valence-corrected chi connectivity index (χ1v) is 21.6. The molecule has 0 bridgehead atoms. The zero-order valence-electron chi connectivity index (χ0n) is 32.5. The number of ether oxygens (including phenoxy) is 2. The average Bonchev–Trinajstić information content (AvgIpc) is 3.12. The van der Waals surface area contributed by atoms with E-state index in [0.717, 1.165) is 38.5 Å². The lowest BCUT2D eigenvalue weighted by Gasteiger charge is -2.19. The second kappa shape index (κ2) is 37.0. The van der Waals surface area contributed by atoms with Gasteiger partial charge in [0.25, 0.3) is 0 Å². The van der Waals surface area contributed by atoms with Crippen LogP contribution >= 0.6 is 7.82 Å². The van der Waals surface area contributed by atoms with Gasteiger partial charge in [0.2, 0.25) is 0 Å². The predicted molar refractivity (Wildman–Crippen MR) is 211 cm³/mol. The van der Waals surface area contributed by atoms with Crippen molar-refractivity contribution in [3.63, 3.8) is 0 Å². The highest BCUT2D eigenvalue weighted by atomic mass is 31.2. The number of allylic oxidation sites excluding steroid dienone is 8. The Hall–Kier alpha value is -2.36. The number of hydrogen-bond donors (Lipinski definition) is 2. The summed E-state index contributed by atoms with van der Waals surface area (Å²) in [7, 11) is -4.44. The van der Waals surface area contributed by atoms with Crippen LogP contribution in [-0.4, -0.2) is 55.1 Å². The van der Waals surface area contributed by atoms with Gasteiger partial charge in [0.15, 0.2) is 11.9 Å². The van der Waals surface area contributed by atoms with Crippen molar-refractivity contribution < 1.29 is 42.4 Å². The number of rotatable bonds is 37. The van der Waals surface area contributed by atoms with E-state index in [2.05, 4.69) is 38.2 Å². The van der Waals surface area contributed by atoms with Crippen LogP contribution in [0, 0.1) is 0 Å². The molecular weight excluding hydrogens is 681 g/mol. The molecule has 1 unspecified atom stereocenters. The number of unbranched alkanes of at least 4 members (excludes halogenated alkanes) is 15. The summed E-state index contributed by atoms with van der Waals surface area (Å²) >= 11 is 0. The van der Waals surface area contributed by atoms with Crippen molar-refractivity contribution in [3.8, 4) is 0 Å². The van der Waals surface area contributed by atoms with Crippen LogP contribution in [0.15, 0.2) is 48.6 Å². The van der Waals surface area contributed by atoms with E-state index >= 15 is 0 Å². The van der Waals surface area contributed by atoms with E-state index in [1.807, 2.05) is 12.2 Å². The fourth-order valence-corrected chi connectivity index (χ4v) is 5.94. The highest BCUT2D eigenvalue weighted by Crippen LogP contribution is 2.43. The van der Waals surface area contributed by atoms with Gasteiger partial charge in [-0.3, -0.25) is 23.4 Å². The van der Waals surface area contributed by atoms with Crippen LogP contribution in [-0.2, 0) is 37.5 Å². The summed E-state index contributed by atoms with van der Waals surface area (Å²) in [6, 6.07) is 0. The van der Waals surface area contributed by atoms with Gasteiger partial charge in [-0.25, -0.2) is 4.57 Å². The average molecular weight is 754 g/mol. The molecule has 0 radical (unpaired) electrons. The normalized spacial score (nSPS) is 13.8. The van der Waals surface area contributed by atoms with Gasteiger partial charge in [-0.2, -0.15) is 0 Å². The monoisotopic (exact) mass is 753 g/mol. The molecule has 0 fully saturated rings. The van der Waals surface area contributed by atoms with Gasteiger partial charge in [0.05, 0.1) is 13.2 Å². The summed E-state index contributed by atoms with van der Waals surface area (Å²) in [5.41, 5.74) is 5.32.